The molecule has 0 atom stereocenters. The Morgan fingerprint density at radius 2 is 1.59 bits per heavy atom. The predicted molar refractivity (Wildman–Crippen MR) is 113 cm³/mol. The fraction of sp³-hybridized carbons (Fsp3) is 0.238. The summed E-state index contributed by atoms with van der Waals surface area (Å²) in [6.45, 7) is 5.25. The monoisotopic (exact) mass is 406 g/mol. The van der Waals surface area contributed by atoms with Crippen molar-refractivity contribution in [2.75, 3.05) is 36.0 Å². The zero-order valence-electron chi connectivity index (χ0n) is 15.9. The largest absolute Gasteiger partial charge is 0.420 e. The number of fused-ring (bicyclic) bond motifs is 1. The van der Waals surface area contributed by atoms with Crippen LogP contribution in [0.15, 0.2) is 52.9 Å². The van der Waals surface area contributed by atoms with Crippen LogP contribution in [0.1, 0.15) is 5.89 Å². The first-order valence-electron chi connectivity index (χ1n) is 9.50. The van der Waals surface area contributed by atoms with Crippen LogP contribution in [0.3, 0.4) is 0 Å². The zero-order valence-corrected chi connectivity index (χ0v) is 16.7. The van der Waals surface area contributed by atoms with Crippen molar-refractivity contribution in [2.45, 2.75) is 6.92 Å². The third-order valence-corrected chi connectivity index (χ3v) is 5.38. The van der Waals surface area contributed by atoms with Gasteiger partial charge in [-0.25, -0.2) is 0 Å². The molecular weight excluding hydrogens is 388 g/mol. The topological polar surface area (TPSA) is 71.2 Å². The van der Waals surface area contributed by atoms with Crippen molar-refractivity contribution in [1.29, 1.82) is 0 Å². The van der Waals surface area contributed by atoms with E-state index in [0.717, 1.165) is 53.5 Å². The maximum Gasteiger partial charge on any atom is 0.268 e. The second-order valence-electron chi connectivity index (χ2n) is 7.00. The molecule has 0 spiro atoms. The average Bonchev–Trinajstić information content (AvgIpc) is 3.19. The smallest absolute Gasteiger partial charge is 0.268 e. The molecule has 1 fully saturated rings. The molecule has 0 aliphatic carbocycles. The highest BCUT2D eigenvalue weighted by Crippen LogP contribution is 2.31. The van der Waals surface area contributed by atoms with Crippen LogP contribution in [-0.2, 0) is 0 Å². The quantitative estimate of drug-likeness (QED) is 0.509. The summed E-state index contributed by atoms with van der Waals surface area (Å²) in [5.41, 5.74) is 1.76. The highest BCUT2D eigenvalue weighted by Gasteiger charge is 2.22. The van der Waals surface area contributed by atoms with Crippen LogP contribution >= 0.6 is 11.6 Å². The maximum atomic E-state index is 6.15. The summed E-state index contributed by atoms with van der Waals surface area (Å²) in [7, 11) is 0. The van der Waals surface area contributed by atoms with Crippen LogP contribution in [0.25, 0.3) is 22.4 Å². The Balaban J connectivity index is 1.44. The number of aryl methyl sites for hydroxylation is 1. The molecule has 3 heterocycles. The van der Waals surface area contributed by atoms with Crippen molar-refractivity contribution in [2.24, 2.45) is 0 Å². The van der Waals surface area contributed by atoms with E-state index < -0.39 is 0 Å². The molecule has 0 bridgehead atoms. The summed E-state index contributed by atoms with van der Waals surface area (Å²) in [5, 5.41) is 19.7. The zero-order chi connectivity index (χ0) is 19.8. The first-order chi connectivity index (χ1) is 14.2. The molecule has 0 unspecified atom stereocenters. The number of rotatable bonds is 3. The van der Waals surface area contributed by atoms with Gasteiger partial charge in [0, 0.05) is 54.6 Å². The van der Waals surface area contributed by atoms with Crippen LogP contribution in [0.2, 0.25) is 5.02 Å². The van der Waals surface area contributed by atoms with Gasteiger partial charge in [-0.05, 0) is 18.2 Å². The highest BCUT2D eigenvalue weighted by molar-refractivity contribution is 6.30. The standard InChI is InChI=1S/C21H19ClN6O/c1-14-23-26-21(29-14)19-17-7-2-3-8-18(17)20(25-24-19)28-11-9-27(10-12-28)16-6-4-5-15(22)13-16/h2-8,13H,9-12H2,1H3. The molecule has 2 aromatic heterocycles. The lowest BCUT2D eigenvalue weighted by Crippen LogP contribution is -2.47. The molecule has 5 rings (SSSR count). The molecule has 7 nitrogen and oxygen atoms in total. The van der Waals surface area contributed by atoms with Crippen LogP contribution in [0.4, 0.5) is 11.5 Å². The van der Waals surface area contributed by atoms with Gasteiger partial charge in [0.2, 0.25) is 5.89 Å². The van der Waals surface area contributed by atoms with Gasteiger partial charge in [0.15, 0.2) is 11.5 Å². The molecule has 0 saturated carbocycles. The van der Waals surface area contributed by atoms with Gasteiger partial charge < -0.3 is 14.2 Å². The number of halogens is 1. The number of hydrogen-bond donors (Lipinski definition) is 0. The number of anilines is 2. The first-order valence-corrected chi connectivity index (χ1v) is 9.88. The lowest BCUT2D eigenvalue weighted by atomic mass is 10.1. The minimum Gasteiger partial charge on any atom is -0.420 e. The number of piperazine rings is 1. The summed E-state index contributed by atoms with van der Waals surface area (Å²) in [6, 6.07) is 16.1. The van der Waals surface area contributed by atoms with Gasteiger partial charge in [-0.3, -0.25) is 0 Å². The fourth-order valence-electron chi connectivity index (χ4n) is 3.72. The molecule has 0 radical (unpaired) electrons. The molecular formula is C21H19ClN6O. The van der Waals surface area contributed by atoms with Gasteiger partial charge in [0.25, 0.3) is 5.89 Å². The normalized spacial score (nSPS) is 14.6. The van der Waals surface area contributed by atoms with E-state index >= 15 is 0 Å². The van der Waals surface area contributed by atoms with Gasteiger partial charge in [0.05, 0.1) is 0 Å². The Morgan fingerprint density at radius 3 is 2.31 bits per heavy atom. The van der Waals surface area contributed by atoms with E-state index in [1.54, 1.807) is 6.92 Å². The lowest BCUT2D eigenvalue weighted by Gasteiger charge is -2.37. The van der Waals surface area contributed by atoms with Crippen molar-refractivity contribution in [3.8, 4) is 11.6 Å². The van der Waals surface area contributed by atoms with E-state index in [1.165, 1.54) is 0 Å². The van der Waals surface area contributed by atoms with Crippen LogP contribution in [0, 0.1) is 6.92 Å². The number of nitrogens with zero attached hydrogens (tertiary/aromatic N) is 6. The number of benzene rings is 2. The Morgan fingerprint density at radius 1 is 0.828 bits per heavy atom. The van der Waals surface area contributed by atoms with Gasteiger partial charge in [0.1, 0.15) is 0 Å². The second kappa shape index (κ2) is 7.33. The minimum absolute atomic E-state index is 0.392. The van der Waals surface area contributed by atoms with Crippen molar-refractivity contribution in [3.63, 3.8) is 0 Å². The summed E-state index contributed by atoms with van der Waals surface area (Å²) in [4.78, 5) is 4.62. The molecule has 1 aliphatic rings. The van der Waals surface area contributed by atoms with E-state index in [2.05, 4.69) is 42.3 Å². The predicted octanol–water partition coefficient (Wildman–Crippen LogP) is 3.97. The average molecular weight is 407 g/mol. The minimum atomic E-state index is 0.392. The summed E-state index contributed by atoms with van der Waals surface area (Å²) in [6.07, 6.45) is 0. The van der Waals surface area contributed by atoms with Gasteiger partial charge in [-0.2, -0.15) is 0 Å². The van der Waals surface area contributed by atoms with Crippen LogP contribution < -0.4 is 9.80 Å². The van der Waals surface area contributed by atoms with Crippen molar-refractivity contribution in [3.05, 3.63) is 59.4 Å². The van der Waals surface area contributed by atoms with Crippen molar-refractivity contribution >= 4 is 33.9 Å². The molecule has 0 N–H and O–H groups in total. The van der Waals surface area contributed by atoms with Gasteiger partial charge >= 0.3 is 0 Å². The summed E-state index contributed by atoms with van der Waals surface area (Å²) < 4.78 is 5.58. The number of aromatic nitrogens is 4. The summed E-state index contributed by atoms with van der Waals surface area (Å²) in [5.74, 6) is 1.78. The van der Waals surface area contributed by atoms with Gasteiger partial charge in [-0.15, -0.1) is 20.4 Å². The van der Waals surface area contributed by atoms with E-state index in [4.69, 9.17) is 16.0 Å². The number of hydrogen-bond acceptors (Lipinski definition) is 7. The molecule has 4 aromatic rings. The van der Waals surface area contributed by atoms with E-state index in [1.807, 2.05) is 36.4 Å². The highest BCUT2D eigenvalue weighted by atomic mass is 35.5. The third kappa shape index (κ3) is 3.38. The fourth-order valence-corrected chi connectivity index (χ4v) is 3.91. The summed E-state index contributed by atoms with van der Waals surface area (Å²) >= 11 is 6.15. The molecule has 2 aromatic carbocycles. The maximum absolute atomic E-state index is 6.15. The SMILES string of the molecule is Cc1nnc(-c2nnc(N3CCN(c4cccc(Cl)c4)CC3)c3ccccc23)o1. The van der Waals surface area contributed by atoms with E-state index in [0.29, 0.717) is 17.5 Å². The Hall–Kier alpha value is -3.19. The van der Waals surface area contributed by atoms with Crippen LogP contribution in [-0.4, -0.2) is 46.6 Å². The van der Waals surface area contributed by atoms with E-state index in [9.17, 15) is 0 Å². The van der Waals surface area contributed by atoms with Crippen molar-refractivity contribution < 1.29 is 4.42 Å². The first kappa shape index (κ1) is 17.9. The Kier molecular flexibility index (Phi) is 4.52. The molecule has 29 heavy (non-hydrogen) atoms. The molecule has 8 heteroatoms. The Labute approximate surface area is 172 Å². The lowest BCUT2D eigenvalue weighted by molar-refractivity contribution is 0.530. The molecule has 1 saturated heterocycles. The van der Waals surface area contributed by atoms with E-state index in [-0.39, 0.29) is 0 Å². The van der Waals surface area contributed by atoms with Gasteiger partial charge in [-0.1, -0.05) is 41.9 Å². The Bertz CT molecular complexity index is 1170. The molecule has 146 valence electrons. The van der Waals surface area contributed by atoms with Crippen LogP contribution in [0.5, 0.6) is 0 Å². The second-order valence-corrected chi connectivity index (χ2v) is 7.43. The molecule has 0 amide bonds. The molecule has 1 aliphatic heterocycles. The third-order valence-electron chi connectivity index (χ3n) is 5.15. The van der Waals surface area contributed by atoms with Crippen molar-refractivity contribution in [1.82, 2.24) is 20.4 Å².